The van der Waals surface area contributed by atoms with E-state index in [9.17, 15) is 4.39 Å². The molecule has 0 N–H and O–H groups in total. The third kappa shape index (κ3) is 3.66. The van der Waals surface area contributed by atoms with Crippen LogP contribution in [0.2, 0.25) is 0 Å². The fraction of sp³-hybridized carbons (Fsp3) is 0.286. The molecule has 0 spiro atoms. The smallest absolute Gasteiger partial charge is 0.232 e. The van der Waals surface area contributed by atoms with Gasteiger partial charge in [0.05, 0.1) is 5.92 Å². The van der Waals surface area contributed by atoms with Crippen LogP contribution in [0.15, 0.2) is 83.4 Å². The van der Waals surface area contributed by atoms with E-state index in [1.165, 1.54) is 12.0 Å². The molecule has 6 rings (SSSR count). The normalized spacial score (nSPS) is 24.8. The molecule has 2 aliphatic rings. The van der Waals surface area contributed by atoms with Crippen LogP contribution >= 0.6 is 0 Å². The van der Waals surface area contributed by atoms with E-state index < -0.39 is 0 Å². The monoisotopic (exact) mass is 439 g/mol. The van der Waals surface area contributed by atoms with Crippen molar-refractivity contribution in [2.24, 2.45) is 0 Å². The van der Waals surface area contributed by atoms with E-state index in [0.29, 0.717) is 23.8 Å². The minimum atomic E-state index is -0.203. The van der Waals surface area contributed by atoms with Crippen molar-refractivity contribution in [3.05, 3.63) is 96.1 Å². The van der Waals surface area contributed by atoms with Crippen molar-refractivity contribution < 1.29 is 8.91 Å². The molecule has 33 heavy (non-hydrogen) atoms. The number of fused-ring (bicyclic) bond motifs is 2. The molecule has 4 aromatic rings. The number of aromatic nitrogens is 2. The molecule has 0 aliphatic carbocycles. The van der Waals surface area contributed by atoms with Crippen LogP contribution in [-0.4, -0.2) is 34.2 Å². The molecule has 0 radical (unpaired) electrons. The second-order valence-corrected chi connectivity index (χ2v) is 9.28. The quantitative estimate of drug-likeness (QED) is 0.375. The van der Waals surface area contributed by atoms with Crippen molar-refractivity contribution in [1.29, 1.82) is 0 Å². The second-order valence-electron chi connectivity index (χ2n) is 9.28. The summed E-state index contributed by atoms with van der Waals surface area (Å²) in [5, 5.41) is 4.35. The largest absolute Gasteiger partial charge is 0.339 e. The minimum Gasteiger partial charge on any atom is -0.339 e. The number of halogens is 1. The van der Waals surface area contributed by atoms with Crippen LogP contribution in [0.3, 0.4) is 0 Å². The fourth-order valence-corrected chi connectivity index (χ4v) is 5.79. The van der Waals surface area contributed by atoms with E-state index in [1.807, 2.05) is 42.5 Å². The van der Waals surface area contributed by atoms with E-state index in [2.05, 4.69) is 41.4 Å². The van der Waals surface area contributed by atoms with Crippen molar-refractivity contribution in [1.82, 2.24) is 15.0 Å². The first-order chi connectivity index (χ1) is 16.2. The van der Waals surface area contributed by atoms with Gasteiger partial charge in [-0.3, -0.25) is 4.90 Å². The zero-order valence-corrected chi connectivity index (χ0v) is 18.6. The molecule has 1 aromatic heterocycles. The Bertz CT molecular complexity index is 1240. The lowest BCUT2D eigenvalue weighted by molar-refractivity contribution is 0.120. The summed E-state index contributed by atoms with van der Waals surface area (Å²) >= 11 is 0. The molecule has 4 atom stereocenters. The molecule has 166 valence electrons. The molecule has 2 saturated heterocycles. The maximum Gasteiger partial charge on any atom is 0.232 e. The minimum absolute atomic E-state index is 0.101. The Morgan fingerprint density at radius 3 is 2.30 bits per heavy atom. The Morgan fingerprint density at radius 1 is 0.848 bits per heavy atom. The highest BCUT2D eigenvalue weighted by Gasteiger charge is 2.48. The van der Waals surface area contributed by atoms with Crippen molar-refractivity contribution in [2.45, 2.75) is 43.2 Å². The van der Waals surface area contributed by atoms with Gasteiger partial charge >= 0.3 is 0 Å². The van der Waals surface area contributed by atoms with Crippen molar-refractivity contribution in [3.63, 3.8) is 0 Å². The molecule has 4 nitrogen and oxygen atoms in total. The number of benzene rings is 3. The molecule has 2 aliphatic heterocycles. The van der Waals surface area contributed by atoms with Crippen molar-refractivity contribution >= 4 is 0 Å². The number of nitrogens with zero attached hydrogens (tertiary/aromatic N) is 3. The number of piperidine rings is 1. The maximum atomic E-state index is 13.6. The molecule has 3 heterocycles. The second kappa shape index (κ2) is 8.23. The van der Waals surface area contributed by atoms with Crippen LogP contribution in [0.1, 0.15) is 42.6 Å². The highest BCUT2D eigenvalue weighted by atomic mass is 19.1. The van der Waals surface area contributed by atoms with Gasteiger partial charge in [0.15, 0.2) is 0 Å². The molecule has 0 unspecified atom stereocenters. The molecular formula is C28H26FN3O. The average molecular weight is 440 g/mol. The van der Waals surface area contributed by atoms with Crippen molar-refractivity contribution in [2.75, 3.05) is 7.05 Å². The Hall–Kier alpha value is -3.31. The number of hydrogen-bond donors (Lipinski definition) is 0. The number of rotatable bonds is 4. The average Bonchev–Trinajstić information content (AvgIpc) is 3.42. The van der Waals surface area contributed by atoms with Gasteiger partial charge in [0.1, 0.15) is 5.82 Å². The van der Waals surface area contributed by atoms with Crippen LogP contribution in [0.4, 0.5) is 4.39 Å². The molecule has 3 aromatic carbocycles. The van der Waals surface area contributed by atoms with E-state index in [0.717, 1.165) is 29.5 Å². The van der Waals surface area contributed by atoms with Gasteiger partial charge in [-0.05, 0) is 61.1 Å². The standard InChI is InChI=1S/C28H26FN3O/c1-32-23-15-16-25(32)26(24(17-23)20-11-13-22(29)14-12-20)28-30-27(31-33-28)21-9-7-19(8-10-21)18-5-3-2-4-6-18/h2-14,23-26H,15-17H2,1H3/t23-,24+,25+,26+/m0/s1. The van der Waals surface area contributed by atoms with E-state index in [1.54, 1.807) is 12.1 Å². The SMILES string of the molecule is CN1[C@H]2CC[C@@H]1[C@H](c1nc(-c3ccc(-c4ccccc4)cc3)no1)[C@@H](c1ccc(F)cc1)C2. The van der Waals surface area contributed by atoms with E-state index >= 15 is 0 Å². The van der Waals surface area contributed by atoms with Gasteiger partial charge < -0.3 is 4.52 Å². The van der Waals surface area contributed by atoms with Crippen LogP contribution in [0.5, 0.6) is 0 Å². The molecule has 2 bridgehead atoms. The summed E-state index contributed by atoms with van der Waals surface area (Å²) in [4.78, 5) is 7.35. The first kappa shape index (κ1) is 20.3. The predicted octanol–water partition coefficient (Wildman–Crippen LogP) is 6.28. The molecule has 5 heteroatoms. The lowest BCUT2D eigenvalue weighted by Gasteiger charge is -2.41. The highest BCUT2D eigenvalue weighted by Crippen LogP contribution is 2.50. The summed E-state index contributed by atoms with van der Waals surface area (Å²) in [6.07, 6.45) is 3.32. The lowest BCUT2D eigenvalue weighted by Crippen LogP contribution is -2.44. The van der Waals surface area contributed by atoms with Gasteiger partial charge in [0.25, 0.3) is 0 Å². The number of hydrogen-bond acceptors (Lipinski definition) is 4. The summed E-state index contributed by atoms with van der Waals surface area (Å²) < 4.78 is 19.5. The van der Waals surface area contributed by atoms with Gasteiger partial charge in [-0.2, -0.15) is 4.98 Å². The summed E-state index contributed by atoms with van der Waals surface area (Å²) in [7, 11) is 2.20. The maximum absolute atomic E-state index is 13.6. The third-order valence-corrected chi connectivity index (χ3v) is 7.54. The highest BCUT2D eigenvalue weighted by molar-refractivity contribution is 5.67. The molecule has 0 amide bonds. The van der Waals surface area contributed by atoms with Crippen LogP contribution in [0.25, 0.3) is 22.5 Å². The summed E-state index contributed by atoms with van der Waals surface area (Å²) in [6.45, 7) is 0. The van der Waals surface area contributed by atoms with Crippen molar-refractivity contribution in [3.8, 4) is 22.5 Å². The number of likely N-dealkylation sites (N-methyl/N-ethyl adjacent to an activating group) is 1. The molecule has 0 saturated carbocycles. The third-order valence-electron chi connectivity index (χ3n) is 7.54. The van der Waals surface area contributed by atoms with Crippen LogP contribution in [-0.2, 0) is 0 Å². The Balaban J connectivity index is 1.32. The molecular weight excluding hydrogens is 413 g/mol. The lowest BCUT2D eigenvalue weighted by atomic mass is 9.76. The predicted molar refractivity (Wildman–Crippen MR) is 126 cm³/mol. The topological polar surface area (TPSA) is 42.2 Å². The van der Waals surface area contributed by atoms with Gasteiger partial charge in [-0.15, -0.1) is 0 Å². The van der Waals surface area contributed by atoms with Gasteiger partial charge in [0.2, 0.25) is 11.7 Å². The summed E-state index contributed by atoms with van der Waals surface area (Å²) in [5.41, 5.74) is 4.43. The van der Waals surface area contributed by atoms with Crippen LogP contribution < -0.4 is 0 Å². The first-order valence-electron chi connectivity index (χ1n) is 11.6. The van der Waals surface area contributed by atoms with Gasteiger partial charge in [-0.1, -0.05) is 71.9 Å². The summed E-state index contributed by atoms with van der Waals surface area (Å²) in [5.74, 6) is 1.44. The molecule has 2 fully saturated rings. The Morgan fingerprint density at radius 2 is 1.55 bits per heavy atom. The van der Waals surface area contributed by atoms with Gasteiger partial charge in [0, 0.05) is 17.6 Å². The zero-order valence-electron chi connectivity index (χ0n) is 18.6. The van der Waals surface area contributed by atoms with Crippen LogP contribution in [0, 0.1) is 5.82 Å². The Kier molecular flexibility index (Phi) is 5.07. The van der Waals surface area contributed by atoms with E-state index in [-0.39, 0.29) is 17.7 Å². The fourth-order valence-electron chi connectivity index (χ4n) is 5.79. The Labute approximate surface area is 193 Å². The summed E-state index contributed by atoms with van der Waals surface area (Å²) in [6, 6.07) is 26.4. The zero-order chi connectivity index (χ0) is 22.4. The van der Waals surface area contributed by atoms with Gasteiger partial charge in [-0.25, -0.2) is 4.39 Å². The van der Waals surface area contributed by atoms with E-state index in [4.69, 9.17) is 9.51 Å². The first-order valence-corrected chi connectivity index (χ1v) is 11.6.